The molecule has 152 valence electrons. The summed E-state index contributed by atoms with van der Waals surface area (Å²) in [6.07, 6.45) is -6.11. The van der Waals surface area contributed by atoms with Gasteiger partial charge in [0, 0.05) is 28.1 Å². The normalized spacial score (nSPS) is 36.1. The van der Waals surface area contributed by atoms with Crippen LogP contribution in [0.4, 0.5) is 0 Å². The molecule has 2 aliphatic heterocycles. The van der Waals surface area contributed by atoms with Crippen molar-refractivity contribution in [2.75, 3.05) is 26.3 Å². The average molecular weight is 469 g/mol. The first-order valence-electron chi connectivity index (χ1n) is 8.61. The summed E-state index contributed by atoms with van der Waals surface area (Å²) in [5.74, 6) is 0. The first-order chi connectivity index (χ1) is 12.8. The number of halogens is 2. The minimum Gasteiger partial charge on any atom is -0.395 e. The van der Waals surface area contributed by atoms with Gasteiger partial charge < -0.3 is 35.0 Å². The van der Waals surface area contributed by atoms with E-state index in [9.17, 15) is 25.5 Å². The average Bonchev–Trinajstić information content (AvgIpc) is 2.88. The SMILES string of the molecule is OC[C@@H]1[C@@H](O)[C@H](O)CN1C[C@@H](O)[C@H]1OC(c2ccc(Br)cc2Cl)OC[C@H]1O. The Morgan fingerprint density at radius 1 is 1.26 bits per heavy atom. The molecule has 2 saturated heterocycles. The van der Waals surface area contributed by atoms with E-state index in [1.165, 1.54) is 0 Å². The molecule has 2 heterocycles. The van der Waals surface area contributed by atoms with E-state index in [1.807, 2.05) is 0 Å². The van der Waals surface area contributed by atoms with E-state index in [0.717, 1.165) is 4.47 Å². The summed E-state index contributed by atoms with van der Waals surface area (Å²) >= 11 is 9.55. The van der Waals surface area contributed by atoms with Gasteiger partial charge in [0.05, 0.1) is 37.6 Å². The van der Waals surface area contributed by atoms with E-state index in [0.29, 0.717) is 10.6 Å². The molecule has 27 heavy (non-hydrogen) atoms. The molecule has 2 fully saturated rings. The molecule has 1 aromatic carbocycles. The Kier molecular flexibility index (Phi) is 7.12. The highest BCUT2D eigenvalue weighted by atomic mass is 79.9. The molecule has 5 N–H and O–H groups in total. The van der Waals surface area contributed by atoms with Crippen LogP contribution in [-0.2, 0) is 9.47 Å². The lowest BCUT2D eigenvalue weighted by Gasteiger charge is -2.38. The number of likely N-dealkylation sites (tertiary alicyclic amines) is 1. The van der Waals surface area contributed by atoms with E-state index in [1.54, 1.807) is 23.1 Å². The third-order valence-corrected chi connectivity index (χ3v) is 5.78. The van der Waals surface area contributed by atoms with Gasteiger partial charge in [-0.15, -0.1) is 0 Å². The molecule has 8 nitrogen and oxygen atoms in total. The van der Waals surface area contributed by atoms with E-state index < -0.39 is 42.9 Å². The molecule has 10 heteroatoms. The lowest BCUT2D eigenvalue weighted by molar-refractivity contribution is -0.276. The summed E-state index contributed by atoms with van der Waals surface area (Å²) in [5.41, 5.74) is 0.573. The van der Waals surface area contributed by atoms with Gasteiger partial charge in [0.2, 0.25) is 0 Å². The first-order valence-corrected chi connectivity index (χ1v) is 9.78. The minimum atomic E-state index is -1.13. The monoisotopic (exact) mass is 467 g/mol. The second-order valence-electron chi connectivity index (χ2n) is 6.83. The Balaban J connectivity index is 1.69. The molecular formula is C17H23BrClNO7. The van der Waals surface area contributed by atoms with E-state index in [4.69, 9.17) is 21.1 Å². The third kappa shape index (κ3) is 4.64. The van der Waals surface area contributed by atoms with E-state index in [2.05, 4.69) is 15.9 Å². The fourth-order valence-corrected chi connectivity index (χ4v) is 4.25. The fourth-order valence-electron chi connectivity index (χ4n) is 3.49. The molecular weight excluding hydrogens is 446 g/mol. The largest absolute Gasteiger partial charge is 0.395 e. The van der Waals surface area contributed by atoms with Crippen molar-refractivity contribution >= 4 is 27.5 Å². The minimum absolute atomic E-state index is 0.00185. The number of hydrogen-bond acceptors (Lipinski definition) is 8. The molecule has 2 aliphatic rings. The maximum atomic E-state index is 10.6. The van der Waals surface area contributed by atoms with Crippen LogP contribution in [0.15, 0.2) is 22.7 Å². The molecule has 3 rings (SSSR count). The van der Waals surface area contributed by atoms with Gasteiger partial charge in [0.15, 0.2) is 6.29 Å². The van der Waals surface area contributed by atoms with Crippen molar-refractivity contribution in [3.8, 4) is 0 Å². The number of β-amino-alcohol motifs (C(OH)–C–C–N with tert-alkyl or cyclic N) is 2. The van der Waals surface area contributed by atoms with Crippen LogP contribution < -0.4 is 0 Å². The standard InChI is InChI=1S/C17H23BrClNO7/c18-8-1-2-9(10(19)3-8)17-26-7-14(24)16(27-17)13(23)5-20-4-12(22)15(25)11(20)6-21/h1-3,11-17,21-25H,4-7H2/t11-,12-,13-,14-,15-,16-,17?/m1/s1. The van der Waals surface area contributed by atoms with Crippen LogP contribution in [0.1, 0.15) is 11.9 Å². The van der Waals surface area contributed by atoms with Gasteiger partial charge in [-0.25, -0.2) is 0 Å². The van der Waals surface area contributed by atoms with Crippen molar-refractivity contribution in [2.45, 2.75) is 42.9 Å². The maximum absolute atomic E-state index is 10.6. The molecule has 0 bridgehead atoms. The summed E-state index contributed by atoms with van der Waals surface area (Å²) < 4.78 is 12.1. The van der Waals surface area contributed by atoms with Crippen LogP contribution in [0.5, 0.6) is 0 Å². The Bertz CT molecular complexity index is 654. The highest BCUT2D eigenvalue weighted by Crippen LogP contribution is 2.34. The zero-order valence-corrected chi connectivity index (χ0v) is 16.7. The first kappa shape index (κ1) is 21.4. The summed E-state index contributed by atoms with van der Waals surface area (Å²) in [6, 6.07) is 4.51. The Morgan fingerprint density at radius 2 is 2.00 bits per heavy atom. The maximum Gasteiger partial charge on any atom is 0.185 e. The van der Waals surface area contributed by atoms with Crippen molar-refractivity contribution in [3.05, 3.63) is 33.3 Å². The number of aliphatic hydroxyl groups is 5. The number of nitrogens with zero attached hydrogens (tertiary/aromatic N) is 1. The van der Waals surface area contributed by atoms with Gasteiger partial charge in [-0.2, -0.15) is 0 Å². The molecule has 0 saturated carbocycles. The number of ether oxygens (including phenoxy) is 2. The summed E-state index contributed by atoms with van der Waals surface area (Å²) in [4.78, 5) is 1.58. The van der Waals surface area contributed by atoms with Gasteiger partial charge in [0.1, 0.15) is 12.2 Å². The van der Waals surface area contributed by atoms with Gasteiger partial charge in [-0.3, -0.25) is 4.90 Å². The number of rotatable bonds is 5. The Morgan fingerprint density at radius 3 is 2.67 bits per heavy atom. The lowest BCUT2D eigenvalue weighted by atomic mass is 10.1. The van der Waals surface area contributed by atoms with Gasteiger partial charge in [-0.1, -0.05) is 33.6 Å². The Hall–Kier alpha value is -0.330. The predicted molar refractivity (Wildman–Crippen MR) is 99.2 cm³/mol. The molecule has 0 aromatic heterocycles. The zero-order chi connectivity index (χ0) is 19.7. The number of hydrogen-bond donors (Lipinski definition) is 5. The molecule has 0 radical (unpaired) electrons. The van der Waals surface area contributed by atoms with Crippen LogP contribution in [0.3, 0.4) is 0 Å². The summed E-state index contributed by atoms with van der Waals surface area (Å²) in [5, 5.41) is 50.3. The topological polar surface area (TPSA) is 123 Å². The van der Waals surface area contributed by atoms with Crippen LogP contribution >= 0.6 is 27.5 Å². The Labute approximate surface area is 170 Å². The van der Waals surface area contributed by atoms with Crippen LogP contribution in [0, 0.1) is 0 Å². The number of benzene rings is 1. The summed E-state index contributed by atoms with van der Waals surface area (Å²) in [6.45, 7) is -0.306. The second kappa shape index (κ2) is 9.00. The zero-order valence-electron chi connectivity index (χ0n) is 14.4. The van der Waals surface area contributed by atoms with Crippen LogP contribution in [0.2, 0.25) is 5.02 Å². The van der Waals surface area contributed by atoms with Crippen molar-refractivity contribution in [3.63, 3.8) is 0 Å². The third-order valence-electron chi connectivity index (χ3n) is 4.96. The fraction of sp³-hybridized carbons (Fsp3) is 0.647. The van der Waals surface area contributed by atoms with Gasteiger partial charge in [-0.05, 0) is 12.1 Å². The highest BCUT2D eigenvalue weighted by molar-refractivity contribution is 9.10. The lowest BCUT2D eigenvalue weighted by Crippen LogP contribution is -2.52. The van der Waals surface area contributed by atoms with Gasteiger partial charge in [0.25, 0.3) is 0 Å². The van der Waals surface area contributed by atoms with E-state index >= 15 is 0 Å². The number of aliphatic hydroxyl groups excluding tert-OH is 5. The molecule has 0 spiro atoms. The molecule has 0 amide bonds. The van der Waals surface area contributed by atoms with Crippen LogP contribution in [0.25, 0.3) is 0 Å². The van der Waals surface area contributed by atoms with Crippen molar-refractivity contribution in [1.29, 1.82) is 0 Å². The van der Waals surface area contributed by atoms with Crippen molar-refractivity contribution in [2.24, 2.45) is 0 Å². The molecule has 0 aliphatic carbocycles. The molecule has 1 unspecified atom stereocenters. The van der Waals surface area contributed by atoms with E-state index in [-0.39, 0.29) is 26.3 Å². The van der Waals surface area contributed by atoms with Crippen LogP contribution in [-0.4, -0.2) is 93.3 Å². The van der Waals surface area contributed by atoms with Gasteiger partial charge >= 0.3 is 0 Å². The van der Waals surface area contributed by atoms with Crippen molar-refractivity contribution in [1.82, 2.24) is 4.90 Å². The summed E-state index contributed by atoms with van der Waals surface area (Å²) in [7, 11) is 0. The smallest absolute Gasteiger partial charge is 0.185 e. The molecule has 7 atom stereocenters. The predicted octanol–water partition coefficient (Wildman–Crippen LogP) is -0.363. The second-order valence-corrected chi connectivity index (χ2v) is 8.15. The quantitative estimate of drug-likeness (QED) is 0.397. The van der Waals surface area contributed by atoms with Crippen molar-refractivity contribution < 1.29 is 35.0 Å². The highest BCUT2D eigenvalue weighted by Gasteiger charge is 2.43. The molecule has 1 aromatic rings.